The topological polar surface area (TPSA) is 12.0 Å². The molecule has 18 heavy (non-hydrogen) atoms. The van der Waals surface area contributed by atoms with Crippen LogP contribution < -0.4 is 5.32 Å². The Labute approximate surface area is 103 Å². The summed E-state index contributed by atoms with van der Waals surface area (Å²) in [5.74, 6) is -0.699. The van der Waals surface area contributed by atoms with Crippen molar-refractivity contribution < 1.29 is 17.6 Å². The molecule has 5 heteroatoms. The Hall–Kier alpha value is -1.10. The molecule has 0 aromatic heterocycles. The number of alkyl halides is 3. The van der Waals surface area contributed by atoms with E-state index in [2.05, 4.69) is 5.32 Å². The smallest absolute Gasteiger partial charge is 0.302 e. The first-order valence-electron chi connectivity index (χ1n) is 6.01. The molecule has 0 unspecified atom stereocenters. The normalized spacial score (nSPS) is 18.4. The molecule has 2 rings (SSSR count). The zero-order chi connectivity index (χ0) is 13.2. The highest BCUT2D eigenvalue weighted by Gasteiger charge is 2.45. The molecule has 1 aromatic carbocycles. The van der Waals surface area contributed by atoms with Crippen molar-refractivity contribution in [3.05, 3.63) is 35.6 Å². The summed E-state index contributed by atoms with van der Waals surface area (Å²) in [4.78, 5) is 0. The van der Waals surface area contributed by atoms with Crippen molar-refractivity contribution in [2.75, 3.05) is 0 Å². The van der Waals surface area contributed by atoms with Gasteiger partial charge in [0.15, 0.2) is 0 Å². The average molecular weight is 261 g/mol. The fourth-order valence-corrected chi connectivity index (χ4v) is 2.15. The Kier molecular flexibility index (Phi) is 3.90. The van der Waals surface area contributed by atoms with E-state index < -0.39 is 12.2 Å². The zero-order valence-corrected chi connectivity index (χ0v) is 9.80. The molecular formula is C13H15F4N. The minimum Gasteiger partial charge on any atom is -0.302 e. The average Bonchev–Trinajstić information content (AvgIpc) is 2.22. The lowest BCUT2D eigenvalue weighted by molar-refractivity contribution is -0.174. The second-order valence-electron chi connectivity index (χ2n) is 4.72. The molecule has 1 saturated carbocycles. The Morgan fingerprint density at radius 3 is 2.22 bits per heavy atom. The molecule has 0 saturated heterocycles. The van der Waals surface area contributed by atoms with Gasteiger partial charge in [0.25, 0.3) is 0 Å². The number of hydrogen-bond donors (Lipinski definition) is 1. The highest BCUT2D eigenvalue weighted by atomic mass is 19.4. The molecule has 1 aliphatic rings. The molecule has 100 valence electrons. The van der Waals surface area contributed by atoms with Gasteiger partial charge in [-0.2, -0.15) is 13.2 Å². The van der Waals surface area contributed by atoms with Crippen LogP contribution in [-0.4, -0.2) is 12.2 Å². The van der Waals surface area contributed by atoms with Crippen LogP contribution in [0.3, 0.4) is 0 Å². The third kappa shape index (κ3) is 3.22. The summed E-state index contributed by atoms with van der Waals surface area (Å²) < 4.78 is 51.2. The van der Waals surface area contributed by atoms with E-state index in [9.17, 15) is 17.6 Å². The first-order valence-corrected chi connectivity index (χ1v) is 6.01. The van der Waals surface area contributed by atoms with Crippen molar-refractivity contribution in [1.82, 2.24) is 5.32 Å². The second-order valence-corrected chi connectivity index (χ2v) is 4.72. The van der Waals surface area contributed by atoms with Crippen molar-refractivity contribution in [1.29, 1.82) is 0 Å². The molecule has 0 amide bonds. The monoisotopic (exact) mass is 261 g/mol. The quantitative estimate of drug-likeness (QED) is 0.816. The SMILES string of the molecule is Fc1ccc(CN[C@H](C2CCC2)C(F)(F)F)cc1. The summed E-state index contributed by atoms with van der Waals surface area (Å²) in [5.41, 5.74) is 0.657. The predicted molar refractivity (Wildman–Crippen MR) is 60.4 cm³/mol. The van der Waals surface area contributed by atoms with Gasteiger partial charge in [-0.25, -0.2) is 4.39 Å². The standard InChI is InChI=1S/C13H15F4N/c14-11-6-4-9(5-7-11)8-18-12(13(15,16)17)10-2-1-3-10/h4-7,10,12,18H,1-3,8H2/t12-/m1/s1. The van der Waals surface area contributed by atoms with Gasteiger partial charge < -0.3 is 5.32 Å². The fourth-order valence-electron chi connectivity index (χ4n) is 2.15. The van der Waals surface area contributed by atoms with Crippen LogP contribution >= 0.6 is 0 Å². The first-order chi connectivity index (χ1) is 8.47. The maximum absolute atomic E-state index is 12.8. The molecule has 0 radical (unpaired) electrons. The third-order valence-electron chi connectivity index (χ3n) is 3.41. The minimum atomic E-state index is -4.22. The van der Waals surface area contributed by atoms with Gasteiger partial charge in [-0.3, -0.25) is 0 Å². The van der Waals surface area contributed by atoms with Crippen LogP contribution in [-0.2, 0) is 6.54 Å². The number of halogens is 4. The maximum atomic E-state index is 12.8. The van der Waals surface area contributed by atoms with E-state index in [4.69, 9.17) is 0 Å². The number of nitrogens with one attached hydrogen (secondary N) is 1. The Morgan fingerprint density at radius 1 is 1.17 bits per heavy atom. The van der Waals surface area contributed by atoms with Crippen LogP contribution in [0, 0.1) is 11.7 Å². The largest absolute Gasteiger partial charge is 0.404 e. The summed E-state index contributed by atoms with van der Waals surface area (Å²) >= 11 is 0. The Morgan fingerprint density at radius 2 is 1.78 bits per heavy atom. The summed E-state index contributed by atoms with van der Waals surface area (Å²) in [6.07, 6.45) is -2.10. The summed E-state index contributed by atoms with van der Waals surface area (Å²) in [5, 5.41) is 2.55. The van der Waals surface area contributed by atoms with Gasteiger partial charge >= 0.3 is 6.18 Å². The van der Waals surface area contributed by atoms with Gasteiger partial charge in [-0.1, -0.05) is 18.6 Å². The van der Waals surface area contributed by atoms with E-state index >= 15 is 0 Å². The summed E-state index contributed by atoms with van der Waals surface area (Å²) in [7, 11) is 0. The van der Waals surface area contributed by atoms with E-state index in [-0.39, 0.29) is 18.3 Å². The van der Waals surface area contributed by atoms with E-state index in [1.54, 1.807) is 0 Å². The molecule has 0 heterocycles. The van der Waals surface area contributed by atoms with Crippen LogP contribution in [0.25, 0.3) is 0 Å². The van der Waals surface area contributed by atoms with Gasteiger partial charge in [-0.15, -0.1) is 0 Å². The molecule has 1 aromatic rings. The molecule has 0 spiro atoms. The third-order valence-corrected chi connectivity index (χ3v) is 3.41. The van der Waals surface area contributed by atoms with Crippen molar-refractivity contribution in [3.63, 3.8) is 0 Å². The van der Waals surface area contributed by atoms with Crippen LogP contribution in [0.5, 0.6) is 0 Å². The van der Waals surface area contributed by atoms with Gasteiger partial charge in [0, 0.05) is 6.54 Å². The van der Waals surface area contributed by atoms with Crippen molar-refractivity contribution in [3.8, 4) is 0 Å². The lowest BCUT2D eigenvalue weighted by Crippen LogP contribution is -2.49. The molecule has 1 atom stereocenters. The van der Waals surface area contributed by atoms with E-state index in [1.807, 2.05) is 0 Å². The van der Waals surface area contributed by atoms with Crippen LogP contribution in [0.4, 0.5) is 17.6 Å². The van der Waals surface area contributed by atoms with Crippen molar-refractivity contribution in [2.24, 2.45) is 5.92 Å². The Bertz CT molecular complexity index is 381. The van der Waals surface area contributed by atoms with E-state index in [1.165, 1.54) is 24.3 Å². The fraction of sp³-hybridized carbons (Fsp3) is 0.538. The van der Waals surface area contributed by atoms with Crippen LogP contribution in [0.15, 0.2) is 24.3 Å². The van der Waals surface area contributed by atoms with E-state index in [0.717, 1.165) is 6.42 Å². The number of hydrogen-bond acceptors (Lipinski definition) is 1. The summed E-state index contributed by atoms with van der Waals surface area (Å²) in [6.45, 7) is 0.112. The minimum absolute atomic E-state index is 0.112. The maximum Gasteiger partial charge on any atom is 0.404 e. The summed E-state index contributed by atoms with van der Waals surface area (Å²) in [6, 6.07) is 4.05. The zero-order valence-electron chi connectivity index (χ0n) is 9.80. The highest BCUT2D eigenvalue weighted by molar-refractivity contribution is 5.16. The number of rotatable bonds is 4. The van der Waals surface area contributed by atoms with Crippen molar-refractivity contribution in [2.45, 2.75) is 38.0 Å². The predicted octanol–water partition coefficient (Wildman–Crippen LogP) is 3.65. The number of benzene rings is 1. The van der Waals surface area contributed by atoms with Crippen molar-refractivity contribution >= 4 is 0 Å². The van der Waals surface area contributed by atoms with Crippen LogP contribution in [0.1, 0.15) is 24.8 Å². The molecule has 1 aliphatic carbocycles. The van der Waals surface area contributed by atoms with Gasteiger partial charge in [0.1, 0.15) is 11.9 Å². The molecule has 0 aliphatic heterocycles. The molecule has 1 N–H and O–H groups in total. The second kappa shape index (κ2) is 5.26. The first kappa shape index (κ1) is 13.3. The van der Waals surface area contributed by atoms with E-state index in [0.29, 0.717) is 18.4 Å². The highest BCUT2D eigenvalue weighted by Crippen LogP contribution is 2.37. The lowest BCUT2D eigenvalue weighted by atomic mass is 9.79. The van der Waals surface area contributed by atoms with Gasteiger partial charge in [0.2, 0.25) is 0 Å². The molecular weight excluding hydrogens is 246 g/mol. The molecule has 0 bridgehead atoms. The Balaban J connectivity index is 1.95. The van der Waals surface area contributed by atoms with Gasteiger partial charge in [-0.05, 0) is 36.5 Å². The molecule has 1 fully saturated rings. The molecule has 1 nitrogen and oxygen atoms in total. The van der Waals surface area contributed by atoms with Crippen LogP contribution in [0.2, 0.25) is 0 Å². The lowest BCUT2D eigenvalue weighted by Gasteiger charge is -2.35. The van der Waals surface area contributed by atoms with Gasteiger partial charge in [0.05, 0.1) is 0 Å².